The van der Waals surface area contributed by atoms with Gasteiger partial charge in [0, 0.05) is 0 Å². The molecule has 1 heterocycles. The first kappa shape index (κ1) is 8.05. The number of allylic oxidation sites excluding steroid dienone is 1. The fourth-order valence-corrected chi connectivity index (χ4v) is 3.54. The molecule has 0 radical (unpaired) electrons. The van der Waals surface area contributed by atoms with E-state index in [1.165, 1.54) is 51.6 Å². The minimum atomic E-state index is 1.03. The van der Waals surface area contributed by atoms with E-state index >= 15 is 0 Å². The van der Waals surface area contributed by atoms with Gasteiger partial charge in [-0.15, -0.1) is 0 Å². The van der Waals surface area contributed by atoms with Crippen LogP contribution in [0, 0.1) is 11.8 Å². The van der Waals surface area contributed by atoms with E-state index in [0.29, 0.717) is 0 Å². The van der Waals surface area contributed by atoms with Crippen molar-refractivity contribution in [1.82, 2.24) is 5.32 Å². The zero-order valence-electron chi connectivity index (χ0n) is 8.31. The van der Waals surface area contributed by atoms with Crippen LogP contribution in [0.2, 0.25) is 0 Å². The molecule has 2 saturated carbocycles. The lowest BCUT2D eigenvalue weighted by Gasteiger charge is -2.23. The Balaban J connectivity index is 1.82. The molecule has 1 saturated heterocycles. The van der Waals surface area contributed by atoms with E-state index < -0.39 is 0 Å². The highest BCUT2D eigenvalue weighted by Crippen LogP contribution is 2.49. The Labute approximate surface area is 80.6 Å². The number of nitrogens with one attached hydrogen (secondary N) is 1. The number of hydrogen-bond acceptors (Lipinski definition) is 1. The molecule has 72 valence electrons. The van der Waals surface area contributed by atoms with Gasteiger partial charge in [-0.3, -0.25) is 0 Å². The van der Waals surface area contributed by atoms with Gasteiger partial charge >= 0.3 is 0 Å². The number of hydrogen-bond donors (Lipinski definition) is 1. The Morgan fingerprint density at radius 1 is 1.08 bits per heavy atom. The lowest BCUT2D eigenvalue weighted by Crippen LogP contribution is -2.24. The summed E-state index contributed by atoms with van der Waals surface area (Å²) in [5, 5.41) is 3.45. The molecule has 0 spiro atoms. The van der Waals surface area contributed by atoms with Crippen molar-refractivity contribution in [2.75, 3.05) is 13.1 Å². The molecule has 1 nitrogen and oxygen atoms in total. The van der Waals surface area contributed by atoms with Crippen LogP contribution < -0.4 is 5.32 Å². The molecule has 3 aliphatic rings. The third-order valence-corrected chi connectivity index (χ3v) is 4.20. The van der Waals surface area contributed by atoms with Gasteiger partial charge in [0.25, 0.3) is 0 Å². The number of piperidine rings is 1. The first-order valence-corrected chi connectivity index (χ1v) is 5.85. The number of fused-ring (bicyclic) bond motifs is 2. The summed E-state index contributed by atoms with van der Waals surface area (Å²) in [6.07, 6.45) is 8.74. The fraction of sp³-hybridized carbons (Fsp3) is 0.833. The molecule has 3 rings (SSSR count). The Hall–Kier alpha value is -0.300. The van der Waals surface area contributed by atoms with Crippen LogP contribution in [0.3, 0.4) is 0 Å². The molecule has 0 aromatic carbocycles. The maximum atomic E-state index is 3.45. The van der Waals surface area contributed by atoms with Gasteiger partial charge in [-0.05, 0) is 63.5 Å². The second kappa shape index (κ2) is 3.13. The van der Waals surface area contributed by atoms with Crippen LogP contribution in [-0.4, -0.2) is 13.1 Å². The van der Waals surface area contributed by atoms with Crippen LogP contribution >= 0.6 is 0 Å². The molecule has 1 N–H and O–H groups in total. The van der Waals surface area contributed by atoms with Crippen molar-refractivity contribution in [3.05, 3.63) is 11.1 Å². The molecule has 2 atom stereocenters. The SMILES string of the molecule is C1CC(=C2CC3CCC2C3)CCN1. The van der Waals surface area contributed by atoms with Crippen molar-refractivity contribution >= 4 is 0 Å². The van der Waals surface area contributed by atoms with Crippen LogP contribution in [0.15, 0.2) is 11.1 Å². The van der Waals surface area contributed by atoms with Gasteiger partial charge < -0.3 is 5.32 Å². The second-order valence-electron chi connectivity index (χ2n) is 4.96. The van der Waals surface area contributed by atoms with Crippen molar-refractivity contribution < 1.29 is 0 Å². The maximum Gasteiger partial charge on any atom is -0.00114 e. The van der Waals surface area contributed by atoms with Gasteiger partial charge in [-0.2, -0.15) is 0 Å². The van der Waals surface area contributed by atoms with E-state index in [2.05, 4.69) is 5.32 Å². The molecule has 2 aliphatic carbocycles. The van der Waals surface area contributed by atoms with Gasteiger partial charge in [0.2, 0.25) is 0 Å². The lowest BCUT2D eigenvalue weighted by molar-refractivity contribution is 0.537. The minimum absolute atomic E-state index is 1.03. The predicted octanol–water partition coefficient (Wildman–Crippen LogP) is 2.49. The van der Waals surface area contributed by atoms with Crippen molar-refractivity contribution in [2.45, 2.75) is 38.5 Å². The van der Waals surface area contributed by atoms with Crippen LogP contribution in [0.1, 0.15) is 38.5 Å². The summed E-state index contributed by atoms with van der Waals surface area (Å²) in [4.78, 5) is 0. The average Bonchev–Trinajstić information content (AvgIpc) is 2.80. The van der Waals surface area contributed by atoms with Crippen molar-refractivity contribution in [2.24, 2.45) is 11.8 Å². The standard InChI is InChI=1S/C12H19N/c1-2-11-7-9(1)8-12(11)10-3-5-13-6-4-10/h9,11,13H,1-8H2. The van der Waals surface area contributed by atoms with E-state index in [1.807, 2.05) is 11.1 Å². The van der Waals surface area contributed by atoms with E-state index in [0.717, 1.165) is 11.8 Å². The topological polar surface area (TPSA) is 12.0 Å². The van der Waals surface area contributed by atoms with Gasteiger partial charge in [0.05, 0.1) is 0 Å². The van der Waals surface area contributed by atoms with Crippen LogP contribution in [0.25, 0.3) is 0 Å². The molecule has 1 heteroatoms. The van der Waals surface area contributed by atoms with Crippen LogP contribution in [0.4, 0.5) is 0 Å². The normalized spacial score (nSPS) is 38.8. The molecule has 2 unspecified atom stereocenters. The molecule has 1 aliphatic heterocycles. The molecule has 13 heavy (non-hydrogen) atoms. The van der Waals surface area contributed by atoms with Gasteiger partial charge in [-0.25, -0.2) is 0 Å². The molecule has 0 aromatic heterocycles. The molecule has 0 aromatic rings. The monoisotopic (exact) mass is 177 g/mol. The van der Waals surface area contributed by atoms with E-state index in [4.69, 9.17) is 0 Å². The second-order valence-corrected chi connectivity index (χ2v) is 4.96. The predicted molar refractivity (Wildman–Crippen MR) is 54.6 cm³/mol. The van der Waals surface area contributed by atoms with Crippen molar-refractivity contribution in [3.8, 4) is 0 Å². The maximum absolute atomic E-state index is 3.45. The summed E-state index contributed by atoms with van der Waals surface area (Å²) < 4.78 is 0. The Kier molecular flexibility index (Phi) is 1.93. The first-order valence-electron chi connectivity index (χ1n) is 5.85. The summed E-state index contributed by atoms with van der Waals surface area (Å²) in [5.41, 5.74) is 3.74. The Bertz CT molecular complexity index is 234. The lowest BCUT2D eigenvalue weighted by atomic mass is 9.87. The minimum Gasteiger partial charge on any atom is -0.316 e. The van der Waals surface area contributed by atoms with Crippen LogP contribution in [0.5, 0.6) is 0 Å². The van der Waals surface area contributed by atoms with Gasteiger partial charge in [-0.1, -0.05) is 11.1 Å². The summed E-state index contributed by atoms with van der Waals surface area (Å²) >= 11 is 0. The van der Waals surface area contributed by atoms with Crippen molar-refractivity contribution in [1.29, 1.82) is 0 Å². The summed E-state index contributed by atoms with van der Waals surface area (Å²) in [6.45, 7) is 2.46. The third-order valence-electron chi connectivity index (χ3n) is 4.20. The molecular weight excluding hydrogens is 158 g/mol. The average molecular weight is 177 g/mol. The first-order chi connectivity index (χ1) is 6.43. The van der Waals surface area contributed by atoms with E-state index in [1.54, 1.807) is 0 Å². The summed E-state index contributed by atoms with van der Waals surface area (Å²) in [6, 6.07) is 0. The molecular formula is C12H19N. The highest BCUT2D eigenvalue weighted by atomic mass is 14.9. The zero-order chi connectivity index (χ0) is 8.67. The molecule has 0 amide bonds. The number of rotatable bonds is 0. The Morgan fingerprint density at radius 3 is 2.54 bits per heavy atom. The largest absolute Gasteiger partial charge is 0.316 e. The Morgan fingerprint density at radius 2 is 1.92 bits per heavy atom. The van der Waals surface area contributed by atoms with Crippen molar-refractivity contribution in [3.63, 3.8) is 0 Å². The summed E-state index contributed by atoms with van der Waals surface area (Å²) in [7, 11) is 0. The van der Waals surface area contributed by atoms with Crippen LogP contribution in [-0.2, 0) is 0 Å². The highest BCUT2D eigenvalue weighted by molar-refractivity contribution is 5.25. The highest BCUT2D eigenvalue weighted by Gasteiger charge is 2.36. The molecule has 2 bridgehead atoms. The fourth-order valence-electron chi connectivity index (χ4n) is 3.54. The zero-order valence-corrected chi connectivity index (χ0v) is 8.31. The van der Waals surface area contributed by atoms with Gasteiger partial charge in [0.1, 0.15) is 0 Å². The van der Waals surface area contributed by atoms with E-state index in [9.17, 15) is 0 Å². The summed E-state index contributed by atoms with van der Waals surface area (Å²) in [5.74, 6) is 2.11. The van der Waals surface area contributed by atoms with E-state index in [-0.39, 0.29) is 0 Å². The third kappa shape index (κ3) is 1.34. The molecule has 3 fully saturated rings. The quantitative estimate of drug-likeness (QED) is 0.560. The van der Waals surface area contributed by atoms with Gasteiger partial charge in [0.15, 0.2) is 0 Å². The smallest absolute Gasteiger partial charge is 0.00114 e.